The van der Waals surface area contributed by atoms with E-state index in [4.69, 9.17) is 16.3 Å². The third-order valence-corrected chi connectivity index (χ3v) is 2.90. The Morgan fingerprint density at radius 2 is 2.32 bits per heavy atom. The van der Waals surface area contributed by atoms with Crippen LogP contribution in [0.4, 0.5) is 10.3 Å². The standard InChI is InChI=1S/C13H15ClFN3O/c1-9(8-19-2)17-13-16-5-6-18(13)12-4-3-10(15)7-11(12)14/h3-7,9H,8H2,1-2H3,(H,16,17). The number of imidazole rings is 1. The molecule has 4 nitrogen and oxygen atoms in total. The Hall–Kier alpha value is -1.59. The summed E-state index contributed by atoms with van der Waals surface area (Å²) in [7, 11) is 1.64. The molecule has 0 fully saturated rings. The second-order valence-electron chi connectivity index (χ2n) is 4.22. The molecule has 0 radical (unpaired) electrons. The molecular weight excluding hydrogens is 269 g/mol. The van der Waals surface area contributed by atoms with Crippen molar-refractivity contribution in [2.24, 2.45) is 0 Å². The Morgan fingerprint density at radius 1 is 1.53 bits per heavy atom. The summed E-state index contributed by atoms with van der Waals surface area (Å²) >= 11 is 6.05. The number of nitrogens with zero attached hydrogens (tertiary/aromatic N) is 2. The molecule has 0 aliphatic rings. The van der Waals surface area contributed by atoms with Crippen molar-refractivity contribution in [1.82, 2.24) is 9.55 Å². The number of rotatable bonds is 5. The van der Waals surface area contributed by atoms with Gasteiger partial charge in [-0.15, -0.1) is 0 Å². The molecular formula is C13H15ClFN3O. The number of hydrogen-bond donors (Lipinski definition) is 1. The van der Waals surface area contributed by atoms with E-state index in [9.17, 15) is 4.39 Å². The Balaban J connectivity index is 2.28. The molecule has 1 aromatic carbocycles. The van der Waals surface area contributed by atoms with Crippen molar-refractivity contribution in [1.29, 1.82) is 0 Å². The quantitative estimate of drug-likeness (QED) is 0.916. The van der Waals surface area contributed by atoms with E-state index in [1.54, 1.807) is 30.1 Å². The summed E-state index contributed by atoms with van der Waals surface area (Å²) in [4.78, 5) is 4.22. The average Bonchev–Trinajstić information content (AvgIpc) is 2.77. The number of halogens is 2. The molecule has 2 aromatic rings. The van der Waals surface area contributed by atoms with Crippen LogP contribution in [0.25, 0.3) is 5.69 Å². The normalized spacial score (nSPS) is 12.4. The second-order valence-corrected chi connectivity index (χ2v) is 4.62. The van der Waals surface area contributed by atoms with Crippen LogP contribution in [0.2, 0.25) is 5.02 Å². The first-order valence-corrected chi connectivity index (χ1v) is 6.24. The highest BCUT2D eigenvalue weighted by molar-refractivity contribution is 6.32. The monoisotopic (exact) mass is 283 g/mol. The van der Waals surface area contributed by atoms with E-state index in [0.29, 0.717) is 23.3 Å². The molecule has 0 bridgehead atoms. The summed E-state index contributed by atoms with van der Waals surface area (Å²) in [6.45, 7) is 2.54. The van der Waals surface area contributed by atoms with Crippen molar-refractivity contribution in [3.05, 3.63) is 41.4 Å². The van der Waals surface area contributed by atoms with E-state index in [-0.39, 0.29) is 11.9 Å². The lowest BCUT2D eigenvalue weighted by molar-refractivity contribution is 0.190. The van der Waals surface area contributed by atoms with Gasteiger partial charge in [0, 0.05) is 25.5 Å². The number of ether oxygens (including phenoxy) is 1. The van der Waals surface area contributed by atoms with Crippen LogP contribution in [0.5, 0.6) is 0 Å². The van der Waals surface area contributed by atoms with E-state index < -0.39 is 0 Å². The molecule has 0 amide bonds. The first kappa shape index (κ1) is 13.8. The summed E-state index contributed by atoms with van der Waals surface area (Å²) in [6.07, 6.45) is 3.42. The molecule has 0 saturated heterocycles. The third-order valence-electron chi connectivity index (χ3n) is 2.60. The molecule has 1 unspecified atom stereocenters. The molecule has 0 saturated carbocycles. The summed E-state index contributed by atoms with van der Waals surface area (Å²) in [5, 5.41) is 3.54. The van der Waals surface area contributed by atoms with Crippen molar-refractivity contribution in [2.45, 2.75) is 13.0 Å². The van der Waals surface area contributed by atoms with Crippen molar-refractivity contribution in [3.8, 4) is 5.69 Å². The van der Waals surface area contributed by atoms with Gasteiger partial charge in [0.25, 0.3) is 0 Å². The van der Waals surface area contributed by atoms with Gasteiger partial charge < -0.3 is 10.1 Å². The van der Waals surface area contributed by atoms with Crippen molar-refractivity contribution < 1.29 is 9.13 Å². The number of methoxy groups -OCH3 is 1. The molecule has 0 aliphatic heterocycles. The van der Waals surface area contributed by atoms with Crippen molar-refractivity contribution in [3.63, 3.8) is 0 Å². The van der Waals surface area contributed by atoms with E-state index in [2.05, 4.69) is 10.3 Å². The molecule has 102 valence electrons. The number of aromatic nitrogens is 2. The first-order valence-electron chi connectivity index (χ1n) is 5.86. The van der Waals surface area contributed by atoms with Gasteiger partial charge >= 0.3 is 0 Å². The third kappa shape index (κ3) is 3.24. The van der Waals surface area contributed by atoms with Gasteiger partial charge in [0.15, 0.2) is 0 Å². The number of anilines is 1. The minimum atomic E-state index is -0.365. The summed E-state index contributed by atoms with van der Waals surface area (Å²) in [6, 6.07) is 4.36. The molecule has 19 heavy (non-hydrogen) atoms. The maximum atomic E-state index is 13.1. The van der Waals surface area contributed by atoms with Gasteiger partial charge in [0.05, 0.1) is 17.3 Å². The van der Waals surface area contributed by atoms with Crippen molar-refractivity contribution in [2.75, 3.05) is 19.0 Å². The lowest BCUT2D eigenvalue weighted by Gasteiger charge is -2.15. The van der Waals surface area contributed by atoms with Crippen LogP contribution in [-0.2, 0) is 4.74 Å². The van der Waals surface area contributed by atoms with Gasteiger partial charge in [0.2, 0.25) is 5.95 Å². The van der Waals surface area contributed by atoms with Gasteiger partial charge in [-0.3, -0.25) is 4.57 Å². The number of benzene rings is 1. The molecule has 1 heterocycles. The summed E-state index contributed by atoms with van der Waals surface area (Å²) in [5.41, 5.74) is 0.674. The van der Waals surface area contributed by atoms with E-state index in [0.717, 1.165) is 0 Å². The molecule has 1 aromatic heterocycles. The zero-order valence-electron chi connectivity index (χ0n) is 10.7. The molecule has 1 atom stereocenters. The largest absolute Gasteiger partial charge is 0.383 e. The second kappa shape index (κ2) is 6.04. The van der Waals surface area contributed by atoms with Gasteiger partial charge in [-0.1, -0.05) is 11.6 Å². The van der Waals surface area contributed by atoms with Gasteiger partial charge in [-0.2, -0.15) is 0 Å². The van der Waals surface area contributed by atoms with Crippen molar-refractivity contribution >= 4 is 17.5 Å². The Bertz CT molecular complexity index is 559. The van der Waals surface area contributed by atoms with Crippen LogP contribution in [0.3, 0.4) is 0 Å². The van der Waals surface area contributed by atoms with E-state index in [1.807, 2.05) is 6.92 Å². The number of hydrogen-bond acceptors (Lipinski definition) is 3. The van der Waals surface area contributed by atoms with Crippen LogP contribution in [0.1, 0.15) is 6.92 Å². The Labute approximate surface area is 116 Å². The summed E-state index contributed by atoms with van der Waals surface area (Å²) < 4.78 is 19.9. The van der Waals surface area contributed by atoms with E-state index in [1.165, 1.54) is 12.1 Å². The molecule has 0 spiro atoms. The smallest absolute Gasteiger partial charge is 0.207 e. The highest BCUT2D eigenvalue weighted by Gasteiger charge is 2.11. The zero-order valence-corrected chi connectivity index (χ0v) is 11.5. The molecule has 2 rings (SSSR count). The Morgan fingerprint density at radius 3 is 3.00 bits per heavy atom. The average molecular weight is 284 g/mol. The highest BCUT2D eigenvalue weighted by atomic mass is 35.5. The van der Waals surface area contributed by atoms with Crippen LogP contribution in [0, 0.1) is 5.82 Å². The van der Waals surface area contributed by atoms with Crippen LogP contribution >= 0.6 is 11.6 Å². The minimum absolute atomic E-state index is 0.102. The van der Waals surface area contributed by atoms with Crippen LogP contribution in [-0.4, -0.2) is 29.3 Å². The maximum Gasteiger partial charge on any atom is 0.207 e. The minimum Gasteiger partial charge on any atom is -0.383 e. The Kier molecular flexibility index (Phi) is 4.39. The lowest BCUT2D eigenvalue weighted by atomic mass is 10.3. The molecule has 6 heteroatoms. The van der Waals surface area contributed by atoms with Crippen LogP contribution < -0.4 is 5.32 Å². The number of nitrogens with one attached hydrogen (secondary N) is 1. The molecule has 0 aliphatic carbocycles. The zero-order chi connectivity index (χ0) is 13.8. The molecule has 1 N–H and O–H groups in total. The SMILES string of the molecule is COCC(C)Nc1nccn1-c1ccc(F)cc1Cl. The van der Waals surface area contributed by atoms with Gasteiger partial charge in [-0.05, 0) is 25.1 Å². The highest BCUT2D eigenvalue weighted by Crippen LogP contribution is 2.24. The summed E-state index contributed by atoms with van der Waals surface area (Å²) in [5.74, 6) is 0.272. The van der Waals surface area contributed by atoms with Gasteiger partial charge in [-0.25, -0.2) is 9.37 Å². The first-order chi connectivity index (χ1) is 9.11. The maximum absolute atomic E-state index is 13.1. The lowest BCUT2D eigenvalue weighted by Crippen LogP contribution is -2.22. The van der Waals surface area contributed by atoms with E-state index >= 15 is 0 Å². The fourth-order valence-corrected chi connectivity index (χ4v) is 2.05. The predicted molar refractivity (Wildman–Crippen MR) is 73.5 cm³/mol. The topological polar surface area (TPSA) is 39.1 Å². The van der Waals surface area contributed by atoms with Gasteiger partial charge in [0.1, 0.15) is 5.82 Å². The predicted octanol–water partition coefficient (Wildman–Crippen LogP) is 3.11. The fraction of sp³-hybridized carbons (Fsp3) is 0.308. The fourth-order valence-electron chi connectivity index (χ4n) is 1.79. The van der Waals surface area contributed by atoms with Crippen LogP contribution in [0.15, 0.2) is 30.6 Å².